The third-order valence-electron chi connectivity index (χ3n) is 6.19. The molecule has 7 nitrogen and oxygen atoms in total. The predicted octanol–water partition coefficient (Wildman–Crippen LogP) is 3.22. The van der Waals surface area contributed by atoms with Crippen LogP contribution in [-0.2, 0) is 9.59 Å². The van der Waals surface area contributed by atoms with Crippen molar-refractivity contribution in [1.82, 2.24) is 9.80 Å². The van der Waals surface area contributed by atoms with Gasteiger partial charge in [-0.25, -0.2) is 0 Å². The Morgan fingerprint density at radius 2 is 1.66 bits per heavy atom. The Kier molecular flexibility index (Phi) is 6.46. The molecule has 2 aliphatic rings. The van der Waals surface area contributed by atoms with Crippen molar-refractivity contribution in [2.45, 2.75) is 18.9 Å². The molecule has 32 heavy (non-hydrogen) atoms. The molecule has 0 bridgehead atoms. The first kappa shape index (κ1) is 21.9. The summed E-state index contributed by atoms with van der Waals surface area (Å²) in [5, 5.41) is 11.2. The molecule has 2 fully saturated rings. The number of Topliss-reactive ketones (excluding diaryl/α,β-unsaturated/α-hetero) is 1. The number of carbonyl (C=O) groups is 2. The number of carbonyl (C=O) groups excluding carboxylic acids is 2. The average molecular weight is 437 g/mol. The molecule has 1 amide bonds. The summed E-state index contributed by atoms with van der Waals surface area (Å²) in [5.41, 5.74) is 1.19. The van der Waals surface area contributed by atoms with E-state index in [4.69, 9.17) is 9.47 Å². The minimum absolute atomic E-state index is 0.0751. The Labute approximate surface area is 187 Å². The van der Waals surface area contributed by atoms with E-state index >= 15 is 0 Å². The number of aliphatic hydroxyl groups is 1. The highest BCUT2D eigenvalue weighted by molar-refractivity contribution is 6.46. The Balaban J connectivity index is 1.78. The predicted molar refractivity (Wildman–Crippen MR) is 121 cm³/mol. The van der Waals surface area contributed by atoms with Crippen molar-refractivity contribution in [2.24, 2.45) is 0 Å². The van der Waals surface area contributed by atoms with Crippen LogP contribution in [0.3, 0.4) is 0 Å². The number of amides is 1. The highest BCUT2D eigenvalue weighted by atomic mass is 16.5. The molecular weight excluding hydrogens is 408 g/mol. The minimum Gasteiger partial charge on any atom is -0.507 e. The summed E-state index contributed by atoms with van der Waals surface area (Å²) in [5.74, 6) is -0.295. The van der Waals surface area contributed by atoms with Crippen LogP contribution in [0.1, 0.15) is 30.0 Å². The largest absolute Gasteiger partial charge is 0.507 e. The van der Waals surface area contributed by atoms with E-state index in [1.807, 2.05) is 18.2 Å². The van der Waals surface area contributed by atoms with Gasteiger partial charge < -0.3 is 24.4 Å². The lowest BCUT2D eigenvalue weighted by atomic mass is 9.94. The molecule has 2 aromatic carbocycles. The van der Waals surface area contributed by atoms with Crippen LogP contribution < -0.4 is 9.47 Å². The van der Waals surface area contributed by atoms with Crippen molar-refractivity contribution in [2.75, 3.05) is 40.4 Å². The van der Waals surface area contributed by atoms with Gasteiger partial charge >= 0.3 is 0 Å². The van der Waals surface area contributed by atoms with Gasteiger partial charge in [0.1, 0.15) is 17.3 Å². The lowest BCUT2D eigenvalue weighted by molar-refractivity contribution is -0.140. The maximum atomic E-state index is 13.1. The second-order valence-electron chi connectivity index (χ2n) is 8.01. The van der Waals surface area contributed by atoms with Crippen molar-refractivity contribution in [1.29, 1.82) is 0 Å². The average Bonchev–Trinajstić information content (AvgIpc) is 3.44. The Morgan fingerprint density at radius 1 is 0.969 bits per heavy atom. The first-order valence-corrected chi connectivity index (χ1v) is 10.8. The quantitative estimate of drug-likeness (QED) is 0.408. The van der Waals surface area contributed by atoms with Gasteiger partial charge in [0.2, 0.25) is 0 Å². The number of rotatable bonds is 7. The van der Waals surface area contributed by atoms with Crippen molar-refractivity contribution in [3.05, 3.63) is 65.2 Å². The second kappa shape index (κ2) is 9.44. The molecule has 4 rings (SSSR count). The number of methoxy groups -OCH3 is 2. The number of hydrogen-bond donors (Lipinski definition) is 1. The van der Waals surface area contributed by atoms with Crippen LogP contribution in [0, 0.1) is 0 Å². The number of para-hydroxylation sites is 1. The molecule has 168 valence electrons. The van der Waals surface area contributed by atoms with Gasteiger partial charge in [0.05, 0.1) is 25.8 Å². The fraction of sp³-hybridized carbons (Fsp3) is 0.360. The molecule has 2 aromatic rings. The summed E-state index contributed by atoms with van der Waals surface area (Å²) >= 11 is 0. The number of aliphatic hydroxyl groups excluding tert-OH is 1. The zero-order chi connectivity index (χ0) is 22.7. The lowest BCUT2D eigenvalue weighted by Gasteiger charge is -2.28. The molecule has 2 aliphatic heterocycles. The molecule has 0 spiro atoms. The van der Waals surface area contributed by atoms with Crippen molar-refractivity contribution in [3.8, 4) is 11.5 Å². The first-order chi connectivity index (χ1) is 15.5. The summed E-state index contributed by atoms with van der Waals surface area (Å²) in [6.07, 6.45) is 2.29. The van der Waals surface area contributed by atoms with Crippen LogP contribution >= 0.6 is 0 Å². The number of benzene rings is 2. The van der Waals surface area contributed by atoms with Gasteiger partial charge in [-0.3, -0.25) is 9.59 Å². The van der Waals surface area contributed by atoms with Gasteiger partial charge in [0, 0.05) is 24.2 Å². The van der Waals surface area contributed by atoms with Gasteiger partial charge in [-0.1, -0.05) is 18.2 Å². The SMILES string of the molecule is COc1ccc(/C(O)=C2\C(=O)C(=O)N(CCN3CCCC3)C2c2ccccc2OC)cc1. The number of likely N-dealkylation sites (tertiary alicyclic amines) is 2. The summed E-state index contributed by atoms with van der Waals surface area (Å²) in [6, 6.07) is 13.3. The Morgan fingerprint density at radius 3 is 2.31 bits per heavy atom. The smallest absolute Gasteiger partial charge is 0.295 e. The Bertz CT molecular complexity index is 1020. The fourth-order valence-electron chi connectivity index (χ4n) is 4.49. The molecule has 0 radical (unpaired) electrons. The molecule has 1 atom stereocenters. The monoisotopic (exact) mass is 436 g/mol. The summed E-state index contributed by atoms with van der Waals surface area (Å²) in [7, 11) is 3.11. The van der Waals surface area contributed by atoms with Gasteiger partial charge in [0.25, 0.3) is 11.7 Å². The van der Waals surface area contributed by atoms with E-state index in [1.165, 1.54) is 0 Å². The molecular formula is C25H28N2O5. The van der Waals surface area contributed by atoms with Crippen molar-refractivity contribution < 1.29 is 24.2 Å². The van der Waals surface area contributed by atoms with E-state index in [-0.39, 0.29) is 11.3 Å². The summed E-state index contributed by atoms with van der Waals surface area (Å²) < 4.78 is 10.7. The van der Waals surface area contributed by atoms with E-state index in [2.05, 4.69) is 4.90 Å². The van der Waals surface area contributed by atoms with Gasteiger partial charge in [-0.15, -0.1) is 0 Å². The fourth-order valence-corrected chi connectivity index (χ4v) is 4.49. The number of hydrogen-bond acceptors (Lipinski definition) is 6. The maximum absolute atomic E-state index is 13.1. The third-order valence-corrected chi connectivity index (χ3v) is 6.19. The number of nitrogens with zero attached hydrogens (tertiary/aromatic N) is 2. The topological polar surface area (TPSA) is 79.3 Å². The molecule has 1 unspecified atom stereocenters. The molecule has 0 aromatic heterocycles. The highest BCUT2D eigenvalue weighted by Crippen LogP contribution is 2.42. The van der Waals surface area contributed by atoms with E-state index in [1.54, 1.807) is 49.5 Å². The number of ether oxygens (including phenoxy) is 2. The van der Waals surface area contributed by atoms with E-state index in [9.17, 15) is 14.7 Å². The second-order valence-corrected chi connectivity index (χ2v) is 8.01. The van der Waals surface area contributed by atoms with Crippen LogP contribution in [-0.4, -0.2) is 67.0 Å². The van der Waals surface area contributed by atoms with Gasteiger partial charge in [-0.05, 0) is 56.3 Å². The van der Waals surface area contributed by atoms with Crippen molar-refractivity contribution in [3.63, 3.8) is 0 Å². The zero-order valence-corrected chi connectivity index (χ0v) is 18.4. The minimum atomic E-state index is -0.726. The van der Waals surface area contributed by atoms with E-state index < -0.39 is 17.7 Å². The molecule has 2 heterocycles. The van der Waals surface area contributed by atoms with Crippen LogP contribution in [0.4, 0.5) is 0 Å². The molecule has 0 saturated carbocycles. The standard InChI is InChI=1S/C25H28N2O5/c1-31-18-11-9-17(10-12-18)23(28)21-22(19-7-3-4-8-20(19)32-2)27(25(30)24(21)29)16-15-26-13-5-6-14-26/h3-4,7-12,22,28H,5-6,13-16H2,1-2H3/b23-21+. The molecule has 0 aliphatic carbocycles. The number of ketones is 1. The van der Waals surface area contributed by atoms with Crippen molar-refractivity contribution >= 4 is 17.4 Å². The summed E-state index contributed by atoms with van der Waals surface area (Å²) in [6.45, 7) is 3.07. The molecule has 7 heteroatoms. The van der Waals surface area contributed by atoms with Crippen LogP contribution in [0.2, 0.25) is 0 Å². The zero-order valence-electron chi connectivity index (χ0n) is 18.4. The molecule has 2 saturated heterocycles. The van der Waals surface area contributed by atoms with E-state index in [0.717, 1.165) is 25.9 Å². The van der Waals surface area contributed by atoms with Crippen LogP contribution in [0.5, 0.6) is 11.5 Å². The third kappa shape index (κ3) is 4.08. The van der Waals surface area contributed by atoms with Gasteiger partial charge in [-0.2, -0.15) is 0 Å². The maximum Gasteiger partial charge on any atom is 0.295 e. The van der Waals surface area contributed by atoms with Gasteiger partial charge in [0.15, 0.2) is 0 Å². The van der Waals surface area contributed by atoms with Crippen LogP contribution in [0.25, 0.3) is 5.76 Å². The Hall–Kier alpha value is -3.32. The molecule has 1 N–H and O–H groups in total. The van der Waals surface area contributed by atoms with E-state index in [0.29, 0.717) is 35.7 Å². The summed E-state index contributed by atoms with van der Waals surface area (Å²) in [4.78, 5) is 30.1. The first-order valence-electron chi connectivity index (χ1n) is 10.8. The highest BCUT2D eigenvalue weighted by Gasteiger charge is 2.47. The lowest BCUT2D eigenvalue weighted by Crippen LogP contribution is -2.37. The normalized spacial score (nSPS) is 20.7. The van der Waals surface area contributed by atoms with Crippen LogP contribution in [0.15, 0.2) is 54.1 Å².